The SMILES string of the molecule is O=C(O)c1ccccn1.[Ir].[c-]1cccc2c3ccccc3n(-c3ccccn3)c12. The Hall–Kier alpha value is -3.34. The summed E-state index contributed by atoms with van der Waals surface area (Å²) in [5, 5.41) is 10.8. The van der Waals surface area contributed by atoms with Crippen LogP contribution in [0.3, 0.4) is 0 Å². The summed E-state index contributed by atoms with van der Waals surface area (Å²) in [6.45, 7) is 0. The van der Waals surface area contributed by atoms with E-state index in [-0.39, 0.29) is 25.8 Å². The van der Waals surface area contributed by atoms with Gasteiger partial charge >= 0.3 is 5.97 Å². The summed E-state index contributed by atoms with van der Waals surface area (Å²) < 4.78 is 2.16. The molecule has 29 heavy (non-hydrogen) atoms. The minimum Gasteiger partial charge on any atom is -0.477 e. The van der Waals surface area contributed by atoms with Crippen LogP contribution in [0.25, 0.3) is 27.6 Å². The van der Waals surface area contributed by atoms with E-state index in [1.807, 2.05) is 36.5 Å². The molecule has 0 saturated heterocycles. The Kier molecular flexibility index (Phi) is 6.50. The van der Waals surface area contributed by atoms with Crippen molar-refractivity contribution in [1.82, 2.24) is 14.5 Å². The van der Waals surface area contributed by atoms with Gasteiger partial charge in [0.2, 0.25) is 0 Å². The van der Waals surface area contributed by atoms with E-state index in [2.05, 4.69) is 50.9 Å². The predicted octanol–water partition coefficient (Wildman–Crippen LogP) is 4.76. The van der Waals surface area contributed by atoms with Gasteiger partial charge in [-0.15, -0.1) is 5.39 Å². The van der Waals surface area contributed by atoms with Gasteiger partial charge in [-0.05, 0) is 35.7 Å². The average Bonchev–Trinajstić information content (AvgIpc) is 3.10. The van der Waals surface area contributed by atoms with E-state index < -0.39 is 5.97 Å². The number of aromatic carboxylic acids is 1. The first-order valence-corrected chi connectivity index (χ1v) is 8.71. The van der Waals surface area contributed by atoms with Crippen LogP contribution in [0, 0.1) is 6.07 Å². The summed E-state index contributed by atoms with van der Waals surface area (Å²) in [4.78, 5) is 18.2. The molecule has 0 fully saturated rings. The van der Waals surface area contributed by atoms with E-state index in [1.165, 1.54) is 28.6 Å². The third-order valence-corrected chi connectivity index (χ3v) is 4.26. The Balaban J connectivity index is 0.000000205. The van der Waals surface area contributed by atoms with Gasteiger partial charge in [-0.2, -0.15) is 24.3 Å². The fourth-order valence-corrected chi connectivity index (χ4v) is 3.06. The first-order valence-electron chi connectivity index (χ1n) is 8.71. The largest absolute Gasteiger partial charge is 0.477 e. The Morgan fingerprint density at radius 1 is 0.828 bits per heavy atom. The second kappa shape index (κ2) is 9.24. The maximum absolute atomic E-state index is 10.1. The average molecular weight is 559 g/mol. The third kappa shape index (κ3) is 4.24. The number of rotatable bonds is 2. The second-order valence-electron chi connectivity index (χ2n) is 5.99. The number of aromatic nitrogens is 3. The molecular formula is C23H16IrN3O2-. The molecule has 0 aliphatic rings. The van der Waals surface area contributed by atoms with Crippen LogP contribution in [0.4, 0.5) is 0 Å². The fraction of sp³-hybridized carbons (Fsp3) is 0. The Labute approximate surface area is 181 Å². The van der Waals surface area contributed by atoms with Gasteiger partial charge in [-0.1, -0.05) is 35.8 Å². The van der Waals surface area contributed by atoms with Crippen molar-refractivity contribution >= 4 is 27.8 Å². The minimum atomic E-state index is -0.990. The van der Waals surface area contributed by atoms with E-state index >= 15 is 0 Å². The van der Waals surface area contributed by atoms with Crippen LogP contribution in [0.1, 0.15) is 10.5 Å². The van der Waals surface area contributed by atoms with E-state index in [0.717, 1.165) is 11.3 Å². The molecule has 3 heterocycles. The van der Waals surface area contributed by atoms with Crippen LogP contribution in [-0.4, -0.2) is 25.6 Å². The monoisotopic (exact) mass is 559 g/mol. The summed E-state index contributed by atoms with van der Waals surface area (Å²) in [5.74, 6) is -0.0632. The van der Waals surface area contributed by atoms with Crippen LogP contribution in [0.5, 0.6) is 0 Å². The molecule has 6 heteroatoms. The zero-order valence-electron chi connectivity index (χ0n) is 15.2. The zero-order chi connectivity index (χ0) is 19.3. The van der Waals surface area contributed by atoms with Crippen LogP contribution < -0.4 is 0 Å². The third-order valence-electron chi connectivity index (χ3n) is 4.26. The number of hydrogen-bond acceptors (Lipinski definition) is 3. The molecule has 0 spiro atoms. The van der Waals surface area contributed by atoms with Crippen molar-refractivity contribution in [2.45, 2.75) is 0 Å². The normalized spacial score (nSPS) is 10.1. The fourth-order valence-electron chi connectivity index (χ4n) is 3.06. The molecule has 0 aliphatic heterocycles. The molecule has 1 radical (unpaired) electrons. The summed E-state index contributed by atoms with van der Waals surface area (Å²) >= 11 is 0. The number of hydrogen-bond donors (Lipinski definition) is 1. The molecular weight excluding hydrogens is 542 g/mol. The van der Waals surface area contributed by atoms with Gasteiger partial charge in [-0.3, -0.25) is 0 Å². The van der Waals surface area contributed by atoms with Crippen LogP contribution in [0.2, 0.25) is 0 Å². The molecule has 5 aromatic rings. The topological polar surface area (TPSA) is 68.0 Å². The number of benzene rings is 2. The van der Waals surface area contributed by atoms with E-state index in [1.54, 1.807) is 12.1 Å². The molecule has 0 saturated carbocycles. The number of nitrogens with zero attached hydrogens (tertiary/aromatic N) is 3. The molecule has 0 bridgehead atoms. The molecule has 5 nitrogen and oxygen atoms in total. The van der Waals surface area contributed by atoms with Crippen molar-refractivity contribution in [3.05, 3.63) is 103 Å². The van der Waals surface area contributed by atoms with Gasteiger partial charge in [0.05, 0.1) is 0 Å². The summed E-state index contributed by atoms with van der Waals surface area (Å²) in [5.41, 5.74) is 2.32. The summed E-state index contributed by atoms with van der Waals surface area (Å²) in [6, 6.07) is 28.5. The molecule has 0 atom stereocenters. The van der Waals surface area contributed by atoms with Crippen molar-refractivity contribution in [2.24, 2.45) is 0 Å². The summed E-state index contributed by atoms with van der Waals surface area (Å²) in [6.07, 6.45) is 3.27. The molecule has 0 unspecified atom stereocenters. The van der Waals surface area contributed by atoms with Gasteiger partial charge in [0.15, 0.2) is 0 Å². The van der Waals surface area contributed by atoms with Crippen LogP contribution >= 0.6 is 0 Å². The molecule has 145 valence electrons. The van der Waals surface area contributed by atoms with Gasteiger partial charge in [0.25, 0.3) is 0 Å². The quantitative estimate of drug-likeness (QED) is 0.318. The van der Waals surface area contributed by atoms with Crippen molar-refractivity contribution in [3.8, 4) is 5.82 Å². The van der Waals surface area contributed by atoms with Crippen molar-refractivity contribution in [1.29, 1.82) is 0 Å². The van der Waals surface area contributed by atoms with Crippen molar-refractivity contribution < 1.29 is 30.0 Å². The van der Waals surface area contributed by atoms with Crippen LogP contribution in [-0.2, 0) is 20.1 Å². The van der Waals surface area contributed by atoms with Crippen LogP contribution in [0.15, 0.2) is 91.3 Å². The van der Waals surface area contributed by atoms with Gasteiger partial charge in [-0.25, -0.2) is 14.8 Å². The van der Waals surface area contributed by atoms with Gasteiger partial charge in [0.1, 0.15) is 11.5 Å². The van der Waals surface area contributed by atoms with Gasteiger partial charge < -0.3 is 9.67 Å². The minimum absolute atomic E-state index is 0. The molecule has 0 aliphatic carbocycles. The molecule has 0 amide bonds. The second-order valence-corrected chi connectivity index (χ2v) is 5.99. The Bertz CT molecular complexity index is 1190. The van der Waals surface area contributed by atoms with Gasteiger partial charge in [0, 0.05) is 38.0 Å². The Morgan fingerprint density at radius 2 is 1.52 bits per heavy atom. The maximum atomic E-state index is 10.1. The zero-order valence-corrected chi connectivity index (χ0v) is 17.6. The van der Waals surface area contributed by atoms with E-state index in [4.69, 9.17) is 5.11 Å². The van der Waals surface area contributed by atoms with Crippen molar-refractivity contribution in [2.75, 3.05) is 0 Å². The number of carbonyl (C=O) groups is 1. The Morgan fingerprint density at radius 3 is 2.17 bits per heavy atom. The number of pyridine rings is 2. The van der Waals surface area contributed by atoms with Crippen molar-refractivity contribution in [3.63, 3.8) is 0 Å². The number of carboxylic acid groups (broad SMARTS) is 1. The van der Waals surface area contributed by atoms with E-state index in [0.29, 0.717) is 0 Å². The molecule has 5 rings (SSSR count). The molecule has 3 aromatic heterocycles. The first kappa shape index (κ1) is 20.4. The maximum Gasteiger partial charge on any atom is 0.354 e. The standard InChI is InChI=1S/C17H11N2.C6H5NO2.Ir/c1-3-9-15-13(7-1)14-8-2-4-10-16(14)19(15)17-11-5-6-12-18-17;8-6(9)5-3-1-2-4-7-5;/h1-9,11-12H;1-4H,(H,8,9);/q-1;;. The summed E-state index contributed by atoms with van der Waals surface area (Å²) in [7, 11) is 0. The molecule has 1 N–H and O–H groups in total. The smallest absolute Gasteiger partial charge is 0.354 e. The number of fused-ring (bicyclic) bond motifs is 3. The van der Waals surface area contributed by atoms with E-state index in [9.17, 15) is 4.79 Å². The predicted molar refractivity (Wildman–Crippen MR) is 109 cm³/mol. The number of carboxylic acids is 1. The molecule has 2 aromatic carbocycles. The number of para-hydroxylation sites is 2. The first-order chi connectivity index (χ1) is 13.8.